The third-order valence-corrected chi connectivity index (χ3v) is 2.94. The molecule has 0 amide bonds. The van der Waals surface area contributed by atoms with Crippen molar-refractivity contribution in [1.29, 1.82) is 0 Å². The lowest BCUT2D eigenvalue weighted by atomic mass is 10.2. The predicted octanol–water partition coefficient (Wildman–Crippen LogP) is 2.37. The normalized spacial score (nSPS) is 10.8. The molecule has 2 aromatic heterocycles. The van der Waals surface area contributed by atoms with Gasteiger partial charge in [0, 0.05) is 18.9 Å². The molecule has 0 fully saturated rings. The monoisotopic (exact) mass is 275 g/mol. The molecule has 3 rings (SSSR count). The number of nitrogen functional groups attached to an aromatic ring is 1. The standard InChI is InChI=1S/C12H10ClN5O/c1-18-6-7(5-15-18)11-16-12(19-17-11)9-4-8(14)2-3-10(9)13/h2-6H,14H2,1H3. The number of nitrogens with zero attached hydrogens (tertiary/aromatic N) is 4. The van der Waals surface area contributed by atoms with Crippen molar-refractivity contribution in [2.45, 2.75) is 0 Å². The first kappa shape index (κ1) is 11.7. The predicted molar refractivity (Wildman–Crippen MR) is 71.4 cm³/mol. The molecule has 0 aliphatic heterocycles. The van der Waals surface area contributed by atoms with E-state index in [1.54, 1.807) is 35.3 Å². The number of hydrogen-bond donors (Lipinski definition) is 1. The maximum Gasteiger partial charge on any atom is 0.259 e. The second kappa shape index (κ2) is 4.40. The summed E-state index contributed by atoms with van der Waals surface area (Å²) in [6.07, 6.45) is 3.46. The summed E-state index contributed by atoms with van der Waals surface area (Å²) in [4.78, 5) is 4.29. The fraction of sp³-hybridized carbons (Fsp3) is 0.0833. The Hall–Kier alpha value is -2.34. The van der Waals surface area contributed by atoms with Gasteiger partial charge < -0.3 is 10.3 Å². The maximum absolute atomic E-state index is 6.09. The van der Waals surface area contributed by atoms with E-state index in [0.29, 0.717) is 28.0 Å². The molecule has 0 saturated heterocycles. The van der Waals surface area contributed by atoms with Crippen LogP contribution in [-0.2, 0) is 7.05 Å². The van der Waals surface area contributed by atoms with Crippen LogP contribution in [0.1, 0.15) is 0 Å². The summed E-state index contributed by atoms with van der Waals surface area (Å²) in [6, 6.07) is 5.10. The van der Waals surface area contributed by atoms with Crippen LogP contribution in [0.15, 0.2) is 35.1 Å². The number of aromatic nitrogens is 4. The minimum atomic E-state index is 0.330. The van der Waals surface area contributed by atoms with Gasteiger partial charge in [-0.3, -0.25) is 4.68 Å². The van der Waals surface area contributed by atoms with Gasteiger partial charge in [0.15, 0.2) is 0 Å². The Morgan fingerprint density at radius 3 is 2.95 bits per heavy atom. The molecule has 0 atom stereocenters. The van der Waals surface area contributed by atoms with Crippen LogP contribution in [0.2, 0.25) is 5.02 Å². The third kappa shape index (κ3) is 2.17. The van der Waals surface area contributed by atoms with Crippen LogP contribution < -0.4 is 5.73 Å². The van der Waals surface area contributed by atoms with E-state index in [4.69, 9.17) is 21.9 Å². The number of hydrogen-bond acceptors (Lipinski definition) is 5. The molecular weight excluding hydrogens is 266 g/mol. The smallest absolute Gasteiger partial charge is 0.259 e. The average molecular weight is 276 g/mol. The zero-order valence-electron chi connectivity index (χ0n) is 10.0. The first-order valence-corrected chi connectivity index (χ1v) is 5.89. The van der Waals surface area contributed by atoms with E-state index in [1.807, 2.05) is 7.05 Å². The summed E-state index contributed by atoms with van der Waals surface area (Å²) < 4.78 is 6.88. The molecule has 2 N–H and O–H groups in total. The topological polar surface area (TPSA) is 82.8 Å². The van der Waals surface area contributed by atoms with Gasteiger partial charge in [0.05, 0.1) is 22.3 Å². The van der Waals surface area contributed by atoms with Crippen molar-refractivity contribution in [3.05, 3.63) is 35.6 Å². The number of nitrogens with two attached hydrogens (primary N) is 1. The lowest BCUT2D eigenvalue weighted by Crippen LogP contribution is -1.87. The van der Waals surface area contributed by atoms with Gasteiger partial charge in [-0.1, -0.05) is 16.8 Å². The Kier molecular flexibility index (Phi) is 2.72. The molecule has 0 radical (unpaired) electrons. The van der Waals surface area contributed by atoms with Gasteiger partial charge in [-0.2, -0.15) is 10.1 Å². The van der Waals surface area contributed by atoms with Crippen LogP contribution in [0.3, 0.4) is 0 Å². The van der Waals surface area contributed by atoms with E-state index in [1.165, 1.54) is 0 Å². The van der Waals surface area contributed by atoms with Crippen molar-refractivity contribution in [1.82, 2.24) is 19.9 Å². The fourth-order valence-corrected chi connectivity index (χ4v) is 1.89. The SMILES string of the molecule is Cn1cc(-c2noc(-c3cc(N)ccc3Cl)n2)cn1. The van der Waals surface area contributed by atoms with Crippen molar-refractivity contribution in [2.24, 2.45) is 7.05 Å². The Balaban J connectivity index is 2.03. The maximum atomic E-state index is 6.09. The van der Waals surface area contributed by atoms with E-state index in [9.17, 15) is 0 Å². The lowest BCUT2D eigenvalue weighted by molar-refractivity contribution is 0.432. The molecule has 2 heterocycles. The Labute approximate surface area is 113 Å². The number of rotatable bonds is 2. The summed E-state index contributed by atoms with van der Waals surface area (Å²) in [6.45, 7) is 0. The van der Waals surface area contributed by atoms with Gasteiger partial charge in [-0.05, 0) is 18.2 Å². The molecule has 0 aliphatic carbocycles. The molecule has 0 spiro atoms. The quantitative estimate of drug-likeness (QED) is 0.726. The van der Waals surface area contributed by atoms with Crippen LogP contribution in [-0.4, -0.2) is 19.9 Å². The number of benzene rings is 1. The highest BCUT2D eigenvalue weighted by Gasteiger charge is 2.14. The van der Waals surface area contributed by atoms with E-state index in [-0.39, 0.29) is 0 Å². The van der Waals surface area contributed by atoms with Crippen LogP contribution in [0.25, 0.3) is 22.8 Å². The summed E-state index contributed by atoms with van der Waals surface area (Å²) >= 11 is 6.09. The number of halogens is 1. The van der Waals surface area contributed by atoms with Crippen LogP contribution in [0.5, 0.6) is 0 Å². The molecule has 0 aliphatic rings. The minimum Gasteiger partial charge on any atom is -0.399 e. The largest absolute Gasteiger partial charge is 0.399 e. The van der Waals surface area contributed by atoms with E-state index >= 15 is 0 Å². The zero-order chi connectivity index (χ0) is 13.4. The molecule has 96 valence electrons. The van der Waals surface area contributed by atoms with Gasteiger partial charge in [-0.25, -0.2) is 0 Å². The van der Waals surface area contributed by atoms with Crippen molar-refractivity contribution in [2.75, 3.05) is 5.73 Å². The number of anilines is 1. The molecule has 1 aromatic carbocycles. The van der Waals surface area contributed by atoms with Gasteiger partial charge in [-0.15, -0.1) is 0 Å². The summed E-state index contributed by atoms with van der Waals surface area (Å²) in [7, 11) is 1.82. The van der Waals surface area contributed by atoms with Crippen LogP contribution in [0.4, 0.5) is 5.69 Å². The zero-order valence-corrected chi connectivity index (χ0v) is 10.8. The first-order chi connectivity index (χ1) is 9.13. The van der Waals surface area contributed by atoms with E-state index in [2.05, 4.69) is 15.2 Å². The third-order valence-electron chi connectivity index (χ3n) is 2.61. The van der Waals surface area contributed by atoms with Gasteiger partial charge in [0.25, 0.3) is 5.89 Å². The highest BCUT2D eigenvalue weighted by Crippen LogP contribution is 2.29. The van der Waals surface area contributed by atoms with Gasteiger partial charge >= 0.3 is 0 Å². The molecule has 0 saturated carbocycles. The highest BCUT2D eigenvalue weighted by molar-refractivity contribution is 6.33. The van der Waals surface area contributed by atoms with E-state index in [0.717, 1.165) is 5.56 Å². The average Bonchev–Trinajstić information content (AvgIpc) is 3.00. The van der Waals surface area contributed by atoms with Crippen molar-refractivity contribution < 1.29 is 4.52 Å². The second-order valence-corrected chi connectivity index (χ2v) is 4.47. The van der Waals surface area contributed by atoms with E-state index < -0.39 is 0 Å². The summed E-state index contributed by atoms with van der Waals surface area (Å²) in [5, 5.41) is 8.47. The first-order valence-electron chi connectivity index (χ1n) is 5.51. The lowest BCUT2D eigenvalue weighted by Gasteiger charge is -1.99. The minimum absolute atomic E-state index is 0.330. The molecule has 3 aromatic rings. The highest BCUT2D eigenvalue weighted by atomic mass is 35.5. The molecule has 0 unspecified atom stereocenters. The fourth-order valence-electron chi connectivity index (χ4n) is 1.69. The Morgan fingerprint density at radius 1 is 1.37 bits per heavy atom. The Bertz CT molecular complexity index is 733. The van der Waals surface area contributed by atoms with Crippen molar-refractivity contribution in [3.63, 3.8) is 0 Å². The van der Waals surface area contributed by atoms with Gasteiger partial charge in [0.2, 0.25) is 5.82 Å². The summed E-state index contributed by atoms with van der Waals surface area (Å²) in [5.41, 5.74) is 7.70. The van der Waals surface area contributed by atoms with Crippen molar-refractivity contribution in [3.8, 4) is 22.8 Å². The van der Waals surface area contributed by atoms with Gasteiger partial charge in [0.1, 0.15) is 0 Å². The van der Waals surface area contributed by atoms with Crippen LogP contribution >= 0.6 is 11.6 Å². The molecule has 7 heteroatoms. The van der Waals surface area contributed by atoms with Crippen LogP contribution in [0, 0.1) is 0 Å². The second-order valence-electron chi connectivity index (χ2n) is 4.07. The molecule has 0 bridgehead atoms. The molecule has 19 heavy (non-hydrogen) atoms. The van der Waals surface area contributed by atoms with Crippen molar-refractivity contribution >= 4 is 17.3 Å². The number of aryl methyl sites for hydroxylation is 1. The molecule has 6 nitrogen and oxygen atoms in total. The molecular formula is C12H10ClN5O. The summed E-state index contributed by atoms with van der Waals surface area (Å²) in [5.74, 6) is 0.790. The Morgan fingerprint density at radius 2 is 2.21 bits per heavy atom.